The van der Waals surface area contributed by atoms with Gasteiger partial charge in [-0.05, 0) is 17.2 Å². The Labute approximate surface area is 124 Å². The first-order valence-electron chi connectivity index (χ1n) is 6.96. The molecule has 3 nitrogen and oxygen atoms in total. The number of carbonyl (C=O) groups excluding carboxylic acids is 1. The van der Waals surface area contributed by atoms with Crippen molar-refractivity contribution in [3.8, 4) is 0 Å². The highest BCUT2D eigenvalue weighted by atomic mass is 16.6. The molecule has 0 bridgehead atoms. The van der Waals surface area contributed by atoms with Crippen molar-refractivity contribution in [3.63, 3.8) is 0 Å². The van der Waals surface area contributed by atoms with E-state index in [1.807, 2.05) is 66.7 Å². The van der Waals surface area contributed by atoms with Crippen molar-refractivity contribution in [2.45, 2.75) is 12.2 Å². The summed E-state index contributed by atoms with van der Waals surface area (Å²) in [6.45, 7) is 0. The van der Waals surface area contributed by atoms with Crippen molar-refractivity contribution in [2.24, 2.45) is 0 Å². The first-order chi connectivity index (χ1) is 10.3. The summed E-state index contributed by atoms with van der Waals surface area (Å²) in [5, 5.41) is 0. The van der Waals surface area contributed by atoms with Crippen LogP contribution in [0.25, 0.3) is 6.08 Å². The zero-order chi connectivity index (χ0) is 14.7. The molecule has 1 amide bonds. The second-order valence-corrected chi connectivity index (χ2v) is 5.06. The van der Waals surface area contributed by atoms with Crippen molar-refractivity contribution < 1.29 is 9.53 Å². The van der Waals surface area contributed by atoms with Gasteiger partial charge in [-0.3, -0.25) is 4.79 Å². The van der Waals surface area contributed by atoms with E-state index in [1.54, 1.807) is 18.1 Å². The van der Waals surface area contributed by atoms with Crippen LogP contribution >= 0.6 is 0 Å². The van der Waals surface area contributed by atoms with Gasteiger partial charge < -0.3 is 9.64 Å². The lowest BCUT2D eigenvalue weighted by Gasteiger charge is -2.10. The van der Waals surface area contributed by atoms with Crippen molar-refractivity contribution >= 4 is 12.0 Å². The van der Waals surface area contributed by atoms with Crippen LogP contribution in [-0.4, -0.2) is 24.0 Å². The maximum atomic E-state index is 12.3. The van der Waals surface area contributed by atoms with E-state index >= 15 is 0 Å². The van der Waals surface area contributed by atoms with Gasteiger partial charge in [0.25, 0.3) is 5.91 Å². The summed E-state index contributed by atoms with van der Waals surface area (Å²) in [5.41, 5.74) is 2.12. The molecule has 1 aliphatic heterocycles. The van der Waals surface area contributed by atoms with E-state index in [9.17, 15) is 4.79 Å². The number of epoxide rings is 1. The third-order valence-electron chi connectivity index (χ3n) is 3.50. The Kier molecular flexibility index (Phi) is 3.84. The number of nitrogens with zero attached hydrogens (tertiary/aromatic N) is 1. The van der Waals surface area contributed by atoms with E-state index in [1.165, 1.54) is 0 Å². The average Bonchev–Trinajstić information content (AvgIpc) is 3.34. The largest absolute Gasteiger partial charge is 0.354 e. The molecule has 106 valence electrons. The predicted octanol–water partition coefficient (Wildman–Crippen LogP) is 3.26. The van der Waals surface area contributed by atoms with Gasteiger partial charge in [0.2, 0.25) is 0 Å². The molecule has 0 aliphatic carbocycles. The van der Waals surface area contributed by atoms with Gasteiger partial charge in [-0.25, -0.2) is 0 Å². The van der Waals surface area contributed by atoms with E-state index in [-0.39, 0.29) is 18.1 Å². The van der Waals surface area contributed by atoms with Crippen LogP contribution in [0.5, 0.6) is 0 Å². The zero-order valence-electron chi connectivity index (χ0n) is 11.8. The fraction of sp³-hybridized carbons (Fsp3) is 0.167. The van der Waals surface area contributed by atoms with Crippen LogP contribution in [0.15, 0.2) is 66.9 Å². The lowest BCUT2D eigenvalue weighted by Crippen LogP contribution is -2.26. The molecule has 1 fully saturated rings. The Morgan fingerprint density at radius 1 is 1.05 bits per heavy atom. The van der Waals surface area contributed by atoms with Gasteiger partial charge >= 0.3 is 0 Å². The minimum atomic E-state index is -0.363. The summed E-state index contributed by atoms with van der Waals surface area (Å²) < 4.78 is 5.51. The third-order valence-corrected chi connectivity index (χ3v) is 3.50. The smallest absolute Gasteiger partial charge is 0.258 e. The normalized spacial score (nSPS) is 20.4. The van der Waals surface area contributed by atoms with Crippen LogP contribution < -0.4 is 0 Å². The Hall–Kier alpha value is -2.39. The highest BCUT2D eigenvalue weighted by Crippen LogP contribution is 2.39. The predicted molar refractivity (Wildman–Crippen MR) is 82.3 cm³/mol. The Bertz CT molecular complexity index is 637. The molecule has 2 atom stereocenters. The molecule has 0 unspecified atom stereocenters. The molecule has 1 aliphatic rings. The molecular formula is C18H17NO2. The summed E-state index contributed by atoms with van der Waals surface area (Å²) in [6, 6.07) is 19.7. The number of likely N-dealkylation sites (N-methyl/N-ethyl adjacent to an activating group) is 1. The molecule has 0 N–H and O–H groups in total. The van der Waals surface area contributed by atoms with E-state index < -0.39 is 0 Å². The number of amides is 1. The molecule has 0 saturated carbocycles. The van der Waals surface area contributed by atoms with Crippen molar-refractivity contribution in [1.29, 1.82) is 0 Å². The molecular weight excluding hydrogens is 262 g/mol. The van der Waals surface area contributed by atoms with Gasteiger partial charge in [-0.2, -0.15) is 0 Å². The Morgan fingerprint density at radius 2 is 1.67 bits per heavy atom. The maximum Gasteiger partial charge on any atom is 0.258 e. The van der Waals surface area contributed by atoms with Gasteiger partial charge in [0.1, 0.15) is 6.10 Å². The van der Waals surface area contributed by atoms with Gasteiger partial charge in [0.15, 0.2) is 6.10 Å². The highest BCUT2D eigenvalue weighted by molar-refractivity contribution is 5.85. The molecule has 0 spiro atoms. The molecule has 1 heterocycles. The van der Waals surface area contributed by atoms with Gasteiger partial charge in [-0.1, -0.05) is 60.7 Å². The average molecular weight is 279 g/mol. The summed E-state index contributed by atoms with van der Waals surface area (Å²) in [5.74, 6) is -0.0176. The minimum Gasteiger partial charge on any atom is -0.354 e. The Morgan fingerprint density at radius 3 is 2.33 bits per heavy atom. The number of hydrogen-bond acceptors (Lipinski definition) is 2. The van der Waals surface area contributed by atoms with Gasteiger partial charge in [-0.15, -0.1) is 0 Å². The van der Waals surface area contributed by atoms with E-state index in [0.29, 0.717) is 0 Å². The Balaban J connectivity index is 1.60. The van der Waals surface area contributed by atoms with E-state index in [0.717, 1.165) is 11.1 Å². The topological polar surface area (TPSA) is 32.8 Å². The minimum absolute atomic E-state index is 0.0176. The van der Waals surface area contributed by atoms with Crippen molar-refractivity contribution in [1.82, 2.24) is 4.90 Å². The van der Waals surface area contributed by atoms with E-state index in [2.05, 4.69) is 0 Å². The highest BCUT2D eigenvalue weighted by Gasteiger charge is 2.46. The fourth-order valence-corrected chi connectivity index (χ4v) is 2.23. The number of benzene rings is 2. The fourth-order valence-electron chi connectivity index (χ4n) is 2.23. The van der Waals surface area contributed by atoms with Crippen LogP contribution in [0, 0.1) is 0 Å². The second kappa shape index (κ2) is 5.94. The summed E-state index contributed by atoms with van der Waals surface area (Å²) in [7, 11) is 1.76. The van der Waals surface area contributed by atoms with E-state index in [4.69, 9.17) is 4.74 Å². The molecule has 2 aromatic carbocycles. The summed E-state index contributed by atoms with van der Waals surface area (Å²) in [4.78, 5) is 13.8. The summed E-state index contributed by atoms with van der Waals surface area (Å²) >= 11 is 0. The van der Waals surface area contributed by atoms with Crippen LogP contribution in [-0.2, 0) is 9.53 Å². The van der Waals surface area contributed by atoms with Gasteiger partial charge in [0, 0.05) is 13.2 Å². The molecule has 3 rings (SSSR count). The van der Waals surface area contributed by atoms with Crippen LogP contribution in [0.1, 0.15) is 17.2 Å². The van der Waals surface area contributed by atoms with Crippen LogP contribution in [0.3, 0.4) is 0 Å². The molecule has 1 saturated heterocycles. The zero-order valence-corrected chi connectivity index (χ0v) is 11.8. The lowest BCUT2D eigenvalue weighted by molar-refractivity contribution is -0.128. The molecule has 0 radical (unpaired) electrons. The van der Waals surface area contributed by atoms with Gasteiger partial charge in [0.05, 0.1) is 0 Å². The van der Waals surface area contributed by atoms with Crippen molar-refractivity contribution in [2.75, 3.05) is 7.05 Å². The molecule has 0 aromatic heterocycles. The standard InChI is InChI=1S/C18H17NO2/c1-19(13-12-14-8-4-2-5-9-14)18(20)17-16(21-17)15-10-6-3-7-11-15/h2-13,16-17H,1H3/t16-,17+/m1/s1. The maximum absolute atomic E-state index is 12.3. The first-order valence-corrected chi connectivity index (χ1v) is 6.96. The first kappa shape index (κ1) is 13.6. The second-order valence-electron chi connectivity index (χ2n) is 5.06. The molecule has 21 heavy (non-hydrogen) atoms. The number of carbonyl (C=O) groups is 1. The molecule has 2 aromatic rings. The monoisotopic (exact) mass is 279 g/mol. The number of hydrogen-bond donors (Lipinski definition) is 0. The summed E-state index contributed by atoms with van der Waals surface area (Å²) in [6.07, 6.45) is 3.23. The number of ether oxygens (including phenoxy) is 1. The van der Waals surface area contributed by atoms with Crippen LogP contribution in [0.2, 0.25) is 0 Å². The van der Waals surface area contributed by atoms with Crippen LogP contribution in [0.4, 0.5) is 0 Å². The van der Waals surface area contributed by atoms with Crippen molar-refractivity contribution in [3.05, 3.63) is 78.0 Å². The third kappa shape index (κ3) is 3.20. The number of rotatable bonds is 4. The quantitative estimate of drug-likeness (QED) is 0.805. The molecule has 3 heteroatoms. The SMILES string of the molecule is CN(C=Cc1ccccc1)C(=O)[C@H]1O[C@@H]1c1ccccc1. The lowest BCUT2D eigenvalue weighted by atomic mass is 10.1.